The normalized spacial score (nSPS) is 12.0. The molecule has 0 fully saturated rings. The van der Waals surface area contributed by atoms with Gasteiger partial charge in [0.2, 0.25) is 0 Å². The van der Waals surface area contributed by atoms with Gasteiger partial charge in [0.15, 0.2) is 0 Å². The van der Waals surface area contributed by atoms with Crippen LogP contribution in [0, 0.1) is 0 Å². The smallest absolute Gasteiger partial charge is 0.0786 e. The summed E-state index contributed by atoms with van der Waals surface area (Å²) in [5, 5.41) is 0. The number of rotatable bonds is 44. The van der Waals surface area contributed by atoms with E-state index in [0.717, 1.165) is 0 Å². The molecule has 0 radical (unpaired) electrons. The molecular formula is C52H112N2O4S. The molecule has 0 saturated carbocycles. The zero-order chi connectivity index (χ0) is 44.6. The fourth-order valence-corrected chi connectivity index (χ4v) is 8.99. The predicted octanol–water partition coefficient (Wildman–Crippen LogP) is 16.5. The molecule has 0 bridgehead atoms. The summed E-state index contributed by atoms with van der Waals surface area (Å²) in [4.78, 5) is 0. The molecule has 59 heavy (non-hydrogen) atoms. The molecule has 0 rings (SSSR count). The van der Waals surface area contributed by atoms with E-state index in [1.807, 2.05) is 0 Å². The fourth-order valence-electron chi connectivity index (χ4n) is 8.99. The van der Waals surface area contributed by atoms with Crippen molar-refractivity contribution in [3.8, 4) is 0 Å². The van der Waals surface area contributed by atoms with Crippen LogP contribution in [0.3, 0.4) is 0 Å². The molecular weight excluding hydrogens is 749 g/mol. The third-order valence-electron chi connectivity index (χ3n) is 14.0. The first-order valence-corrected chi connectivity index (χ1v) is 28.2. The van der Waals surface area contributed by atoms with Gasteiger partial charge in [-0.3, -0.25) is 8.42 Å². The van der Waals surface area contributed by atoms with E-state index in [2.05, 4.69) is 55.4 Å². The summed E-state index contributed by atoms with van der Waals surface area (Å²) in [5.41, 5.74) is 0. The van der Waals surface area contributed by atoms with Gasteiger partial charge < -0.3 is 18.1 Å². The molecule has 0 saturated heterocycles. The molecule has 0 aliphatic carbocycles. The molecule has 0 atom stereocenters. The Hall–Kier alpha value is -0.210. The lowest BCUT2D eigenvalue weighted by Gasteiger charge is -2.35. The molecule has 0 aliphatic heterocycles. The average Bonchev–Trinajstić information content (AvgIpc) is 3.23. The second-order valence-corrected chi connectivity index (χ2v) is 19.3. The van der Waals surface area contributed by atoms with Crippen LogP contribution < -0.4 is 0 Å². The number of unbranched alkanes of at least 4 members (excludes halogenated alkanes) is 34. The molecule has 0 aromatic rings. The molecule has 0 spiro atoms. The average molecular weight is 862 g/mol. The van der Waals surface area contributed by atoms with Crippen molar-refractivity contribution in [2.75, 3.05) is 52.4 Å². The SMILES string of the molecule is CCCCCCCCCCCCCCCCCCCC[N+](CC)(CC)CC.CCCCCCCCCCCCCCCCCCCC[N+](CC)(CC)CC.O=S(=O)([O-])[O-]. The molecule has 0 aromatic carbocycles. The van der Waals surface area contributed by atoms with E-state index in [1.54, 1.807) is 0 Å². The summed E-state index contributed by atoms with van der Waals surface area (Å²) in [6, 6.07) is 0. The number of quaternary nitrogens is 2. The van der Waals surface area contributed by atoms with Gasteiger partial charge in [-0.15, -0.1) is 0 Å². The number of hydrogen-bond acceptors (Lipinski definition) is 4. The molecule has 0 heterocycles. The van der Waals surface area contributed by atoms with E-state index in [4.69, 9.17) is 17.5 Å². The maximum absolute atomic E-state index is 8.52. The van der Waals surface area contributed by atoms with Gasteiger partial charge in [0.25, 0.3) is 0 Å². The largest absolute Gasteiger partial charge is 0.759 e. The van der Waals surface area contributed by atoms with E-state index in [1.165, 1.54) is 292 Å². The molecule has 0 N–H and O–H groups in total. The van der Waals surface area contributed by atoms with Crippen LogP contribution in [0.2, 0.25) is 0 Å². The molecule has 0 aliphatic rings. The van der Waals surface area contributed by atoms with Crippen LogP contribution in [-0.4, -0.2) is 78.8 Å². The minimum atomic E-state index is -5.17. The van der Waals surface area contributed by atoms with E-state index in [0.29, 0.717) is 0 Å². The van der Waals surface area contributed by atoms with Crippen molar-refractivity contribution in [3.05, 3.63) is 0 Å². The van der Waals surface area contributed by atoms with Crippen molar-refractivity contribution in [2.45, 2.75) is 287 Å². The second-order valence-electron chi connectivity index (χ2n) is 18.5. The van der Waals surface area contributed by atoms with Crippen molar-refractivity contribution < 1.29 is 26.5 Å². The third-order valence-corrected chi connectivity index (χ3v) is 14.0. The van der Waals surface area contributed by atoms with E-state index >= 15 is 0 Å². The van der Waals surface area contributed by atoms with Gasteiger partial charge in [-0.25, -0.2) is 0 Å². The van der Waals surface area contributed by atoms with Crippen molar-refractivity contribution >= 4 is 10.4 Å². The topological polar surface area (TPSA) is 80.3 Å². The molecule has 360 valence electrons. The van der Waals surface area contributed by atoms with Gasteiger partial charge in [-0.1, -0.05) is 219 Å². The van der Waals surface area contributed by atoms with Crippen LogP contribution in [-0.2, 0) is 10.4 Å². The van der Waals surface area contributed by atoms with Crippen molar-refractivity contribution in [2.24, 2.45) is 0 Å². The van der Waals surface area contributed by atoms with E-state index < -0.39 is 10.4 Å². The standard InChI is InChI=1S/2C26H56N.H2O4S/c2*1-5-9-10-11-12-13-14-15-16-17-18-19-20-21-22-23-24-25-26-27(6-2,7-3)8-4;1-5(2,3)4/h2*5-26H2,1-4H3;(H2,1,2,3,4)/q2*+1;/p-2. The van der Waals surface area contributed by atoms with E-state index in [9.17, 15) is 0 Å². The summed E-state index contributed by atoms with van der Waals surface area (Å²) >= 11 is 0. The monoisotopic (exact) mass is 861 g/mol. The van der Waals surface area contributed by atoms with Gasteiger partial charge in [0.05, 0.1) is 52.4 Å². The van der Waals surface area contributed by atoms with E-state index in [-0.39, 0.29) is 0 Å². The van der Waals surface area contributed by atoms with Crippen LogP contribution in [0.1, 0.15) is 287 Å². The summed E-state index contributed by atoms with van der Waals surface area (Å²) in [6.45, 7) is 29.5. The lowest BCUT2D eigenvalue weighted by atomic mass is 10.0. The molecule has 0 unspecified atom stereocenters. The number of hydrogen-bond donors (Lipinski definition) is 0. The summed E-state index contributed by atoms with van der Waals surface area (Å²) in [7, 11) is -5.17. The second kappa shape index (κ2) is 48.8. The summed E-state index contributed by atoms with van der Waals surface area (Å²) < 4.78 is 36.7. The highest BCUT2D eigenvalue weighted by Crippen LogP contribution is 2.17. The minimum Gasteiger partial charge on any atom is -0.759 e. The minimum absolute atomic E-state index is 1.31. The Morgan fingerprint density at radius 1 is 0.254 bits per heavy atom. The highest BCUT2D eigenvalue weighted by atomic mass is 32.3. The Kier molecular flexibility index (Phi) is 52.2. The van der Waals surface area contributed by atoms with Crippen LogP contribution in [0.25, 0.3) is 0 Å². The maximum Gasteiger partial charge on any atom is 0.0786 e. The first-order chi connectivity index (χ1) is 28.5. The van der Waals surface area contributed by atoms with Crippen LogP contribution in [0.4, 0.5) is 0 Å². The Morgan fingerprint density at radius 2 is 0.373 bits per heavy atom. The molecule has 7 heteroatoms. The Morgan fingerprint density at radius 3 is 0.492 bits per heavy atom. The Bertz CT molecular complexity index is 795. The zero-order valence-electron chi connectivity index (χ0n) is 42.0. The molecule has 0 amide bonds. The van der Waals surface area contributed by atoms with Gasteiger partial charge in [-0.05, 0) is 67.2 Å². The highest BCUT2D eigenvalue weighted by molar-refractivity contribution is 7.79. The number of nitrogens with zero attached hydrogens (tertiary/aromatic N) is 2. The first kappa shape index (κ1) is 63.1. The third kappa shape index (κ3) is 50.3. The van der Waals surface area contributed by atoms with Crippen molar-refractivity contribution in [3.63, 3.8) is 0 Å². The lowest BCUT2D eigenvalue weighted by Crippen LogP contribution is -2.48. The van der Waals surface area contributed by atoms with Crippen LogP contribution in [0.15, 0.2) is 0 Å². The van der Waals surface area contributed by atoms with Gasteiger partial charge >= 0.3 is 0 Å². The molecule has 6 nitrogen and oxygen atoms in total. The van der Waals surface area contributed by atoms with Gasteiger partial charge in [0.1, 0.15) is 0 Å². The quantitative estimate of drug-likeness (QED) is 0.0264. The highest BCUT2D eigenvalue weighted by Gasteiger charge is 2.20. The molecule has 0 aromatic heterocycles. The Labute approximate surface area is 374 Å². The van der Waals surface area contributed by atoms with Gasteiger partial charge in [-0.2, -0.15) is 0 Å². The van der Waals surface area contributed by atoms with Crippen LogP contribution >= 0.6 is 0 Å². The zero-order valence-corrected chi connectivity index (χ0v) is 42.9. The van der Waals surface area contributed by atoms with Crippen LogP contribution in [0.5, 0.6) is 0 Å². The van der Waals surface area contributed by atoms with Crippen molar-refractivity contribution in [1.82, 2.24) is 0 Å². The fraction of sp³-hybridized carbons (Fsp3) is 1.00. The van der Waals surface area contributed by atoms with Gasteiger partial charge in [0, 0.05) is 10.4 Å². The first-order valence-electron chi connectivity index (χ1n) is 26.9. The maximum atomic E-state index is 8.52. The summed E-state index contributed by atoms with van der Waals surface area (Å²) in [5.74, 6) is 0. The lowest BCUT2D eigenvalue weighted by molar-refractivity contribution is -0.923. The predicted molar refractivity (Wildman–Crippen MR) is 262 cm³/mol. The Balaban J connectivity index is -0.000000951. The summed E-state index contributed by atoms with van der Waals surface area (Å²) in [6.07, 6.45) is 52.9. The van der Waals surface area contributed by atoms with Crippen molar-refractivity contribution in [1.29, 1.82) is 0 Å².